The number of amides is 2. The molecule has 2 amide bonds. The highest BCUT2D eigenvalue weighted by Crippen LogP contribution is 2.23. The summed E-state index contributed by atoms with van der Waals surface area (Å²) in [6.45, 7) is 3.69. The standard InChI is InChI=1S/C19H16BrCl2N3O3/c1-2-7-28-17-6-4-14(20)8-13(17)10-24-25-18(26)11-23-19(27)12-3-5-15(21)16(22)9-12/h2-6,8-10H,1,7,11H2,(H,23,27)(H,25,26)/b24-10+. The third-order valence-corrected chi connectivity index (χ3v) is 4.54. The summed E-state index contributed by atoms with van der Waals surface area (Å²) in [7, 11) is 0. The Labute approximate surface area is 180 Å². The van der Waals surface area contributed by atoms with Gasteiger partial charge in [0.1, 0.15) is 12.4 Å². The van der Waals surface area contributed by atoms with Gasteiger partial charge >= 0.3 is 0 Å². The predicted octanol–water partition coefficient (Wildman–Crippen LogP) is 4.20. The maximum Gasteiger partial charge on any atom is 0.259 e. The molecule has 2 aromatic rings. The summed E-state index contributed by atoms with van der Waals surface area (Å²) >= 11 is 15.1. The smallest absolute Gasteiger partial charge is 0.259 e. The molecule has 0 saturated heterocycles. The van der Waals surface area contributed by atoms with Gasteiger partial charge in [-0.25, -0.2) is 5.43 Å². The maximum absolute atomic E-state index is 12.0. The van der Waals surface area contributed by atoms with E-state index in [1.807, 2.05) is 6.07 Å². The Hall–Kier alpha value is -2.35. The van der Waals surface area contributed by atoms with E-state index in [4.69, 9.17) is 27.9 Å². The molecule has 0 aliphatic rings. The molecule has 0 aliphatic carbocycles. The van der Waals surface area contributed by atoms with Crippen molar-refractivity contribution in [3.05, 3.63) is 74.7 Å². The Morgan fingerprint density at radius 2 is 1.96 bits per heavy atom. The molecule has 0 bridgehead atoms. The van der Waals surface area contributed by atoms with E-state index in [2.05, 4.69) is 38.4 Å². The third-order valence-electron chi connectivity index (χ3n) is 3.31. The van der Waals surface area contributed by atoms with Crippen molar-refractivity contribution >= 4 is 57.2 Å². The lowest BCUT2D eigenvalue weighted by molar-refractivity contribution is -0.120. The van der Waals surface area contributed by atoms with E-state index < -0.39 is 11.8 Å². The van der Waals surface area contributed by atoms with Crippen LogP contribution < -0.4 is 15.5 Å². The summed E-state index contributed by atoms with van der Waals surface area (Å²) in [6, 6.07) is 9.83. The number of nitrogens with one attached hydrogen (secondary N) is 2. The molecular formula is C19H16BrCl2N3O3. The highest BCUT2D eigenvalue weighted by Gasteiger charge is 2.09. The van der Waals surface area contributed by atoms with Crippen LogP contribution in [0.15, 0.2) is 58.6 Å². The Morgan fingerprint density at radius 1 is 1.18 bits per heavy atom. The van der Waals surface area contributed by atoms with Crippen molar-refractivity contribution in [3.63, 3.8) is 0 Å². The van der Waals surface area contributed by atoms with Crippen molar-refractivity contribution in [1.82, 2.24) is 10.7 Å². The monoisotopic (exact) mass is 483 g/mol. The zero-order chi connectivity index (χ0) is 20.5. The van der Waals surface area contributed by atoms with Gasteiger partial charge in [-0.3, -0.25) is 9.59 Å². The lowest BCUT2D eigenvalue weighted by Crippen LogP contribution is -2.34. The van der Waals surface area contributed by atoms with E-state index in [1.54, 1.807) is 18.2 Å². The molecule has 2 N–H and O–H groups in total. The summed E-state index contributed by atoms with van der Waals surface area (Å²) < 4.78 is 6.36. The van der Waals surface area contributed by atoms with Crippen molar-refractivity contribution in [3.8, 4) is 5.75 Å². The van der Waals surface area contributed by atoms with Crippen LogP contribution in [0.4, 0.5) is 0 Å². The van der Waals surface area contributed by atoms with E-state index in [1.165, 1.54) is 24.4 Å². The largest absolute Gasteiger partial charge is 0.489 e. The summed E-state index contributed by atoms with van der Waals surface area (Å²) in [5.41, 5.74) is 3.30. The molecule has 0 aromatic heterocycles. The molecule has 0 aliphatic heterocycles. The van der Waals surface area contributed by atoms with Gasteiger partial charge in [0.2, 0.25) is 0 Å². The van der Waals surface area contributed by atoms with Gasteiger partial charge < -0.3 is 10.1 Å². The number of hydrogen-bond acceptors (Lipinski definition) is 4. The number of ether oxygens (including phenoxy) is 1. The van der Waals surface area contributed by atoms with Crippen LogP contribution in [-0.4, -0.2) is 31.2 Å². The molecule has 146 valence electrons. The van der Waals surface area contributed by atoms with E-state index in [0.29, 0.717) is 28.5 Å². The van der Waals surface area contributed by atoms with Crippen molar-refractivity contribution in [2.45, 2.75) is 0 Å². The van der Waals surface area contributed by atoms with E-state index in [9.17, 15) is 9.59 Å². The average molecular weight is 485 g/mol. The first-order valence-electron chi connectivity index (χ1n) is 7.99. The van der Waals surface area contributed by atoms with E-state index in [0.717, 1.165) is 4.47 Å². The quantitative estimate of drug-likeness (QED) is 0.334. The molecule has 28 heavy (non-hydrogen) atoms. The minimum absolute atomic E-state index is 0.255. The number of carbonyl (C=O) groups is 2. The van der Waals surface area contributed by atoms with Gasteiger partial charge in [0.25, 0.3) is 11.8 Å². The van der Waals surface area contributed by atoms with E-state index >= 15 is 0 Å². The van der Waals surface area contributed by atoms with Crippen molar-refractivity contribution in [2.24, 2.45) is 5.10 Å². The summed E-state index contributed by atoms with van der Waals surface area (Å²) in [5, 5.41) is 6.96. The van der Waals surface area contributed by atoms with Gasteiger partial charge in [-0.2, -0.15) is 5.10 Å². The summed E-state index contributed by atoms with van der Waals surface area (Å²) in [4.78, 5) is 23.9. The second kappa shape index (κ2) is 10.8. The molecule has 0 unspecified atom stereocenters. The topological polar surface area (TPSA) is 79.8 Å². The van der Waals surface area contributed by atoms with Crippen LogP contribution in [0.3, 0.4) is 0 Å². The third kappa shape index (κ3) is 6.67. The van der Waals surface area contributed by atoms with E-state index in [-0.39, 0.29) is 11.6 Å². The van der Waals surface area contributed by atoms with Crippen LogP contribution in [0.25, 0.3) is 0 Å². The first kappa shape index (κ1) is 21.9. The molecule has 2 aromatic carbocycles. The van der Waals surface area contributed by atoms with Gasteiger partial charge in [0, 0.05) is 15.6 Å². The van der Waals surface area contributed by atoms with Crippen LogP contribution in [-0.2, 0) is 4.79 Å². The second-order valence-electron chi connectivity index (χ2n) is 5.39. The van der Waals surface area contributed by atoms with Crippen LogP contribution in [0.1, 0.15) is 15.9 Å². The molecule has 0 atom stereocenters. The fourth-order valence-electron chi connectivity index (χ4n) is 2.01. The number of hydrazone groups is 1. The van der Waals surface area contributed by atoms with Crippen LogP contribution in [0.5, 0.6) is 5.75 Å². The highest BCUT2D eigenvalue weighted by molar-refractivity contribution is 9.10. The molecule has 0 saturated carbocycles. The highest BCUT2D eigenvalue weighted by atomic mass is 79.9. The number of hydrogen-bond donors (Lipinski definition) is 2. The maximum atomic E-state index is 12.0. The second-order valence-corrected chi connectivity index (χ2v) is 7.12. The zero-order valence-electron chi connectivity index (χ0n) is 14.5. The summed E-state index contributed by atoms with van der Waals surface area (Å²) in [5.74, 6) is -0.355. The molecule has 0 fully saturated rings. The number of halogens is 3. The average Bonchev–Trinajstić information content (AvgIpc) is 2.67. The molecular weight excluding hydrogens is 469 g/mol. The van der Waals surface area contributed by atoms with Gasteiger partial charge in [-0.15, -0.1) is 0 Å². The number of benzene rings is 2. The fourth-order valence-corrected chi connectivity index (χ4v) is 2.69. The first-order chi connectivity index (χ1) is 13.4. The summed E-state index contributed by atoms with van der Waals surface area (Å²) in [6.07, 6.45) is 3.07. The molecule has 0 heterocycles. The van der Waals surface area contributed by atoms with Gasteiger partial charge in [0.15, 0.2) is 0 Å². The molecule has 9 heteroatoms. The Balaban J connectivity index is 1.90. The van der Waals surface area contributed by atoms with Crippen molar-refractivity contribution in [2.75, 3.05) is 13.2 Å². The lowest BCUT2D eigenvalue weighted by Gasteiger charge is -2.07. The van der Waals surface area contributed by atoms with Gasteiger partial charge in [0.05, 0.1) is 22.8 Å². The molecule has 2 rings (SSSR count). The number of carbonyl (C=O) groups excluding carboxylic acids is 2. The molecule has 0 spiro atoms. The lowest BCUT2D eigenvalue weighted by atomic mass is 10.2. The van der Waals surface area contributed by atoms with Crippen LogP contribution >= 0.6 is 39.1 Å². The SMILES string of the molecule is C=CCOc1ccc(Br)cc1/C=N/NC(=O)CNC(=O)c1ccc(Cl)c(Cl)c1. The molecule has 0 radical (unpaired) electrons. The predicted molar refractivity (Wildman–Crippen MR) is 114 cm³/mol. The van der Waals surface area contributed by atoms with Crippen LogP contribution in [0, 0.1) is 0 Å². The molecule has 6 nitrogen and oxygen atoms in total. The van der Waals surface area contributed by atoms with Gasteiger partial charge in [-0.05, 0) is 36.4 Å². The first-order valence-corrected chi connectivity index (χ1v) is 9.54. The number of nitrogens with zero attached hydrogens (tertiary/aromatic N) is 1. The Bertz CT molecular complexity index is 919. The van der Waals surface area contributed by atoms with Crippen LogP contribution in [0.2, 0.25) is 10.0 Å². The number of rotatable bonds is 8. The van der Waals surface area contributed by atoms with Crippen molar-refractivity contribution < 1.29 is 14.3 Å². The fraction of sp³-hybridized carbons (Fsp3) is 0.105. The Kier molecular flexibility index (Phi) is 8.50. The van der Waals surface area contributed by atoms with Crippen molar-refractivity contribution in [1.29, 1.82) is 0 Å². The Morgan fingerprint density at radius 3 is 2.68 bits per heavy atom. The normalized spacial score (nSPS) is 10.5. The van der Waals surface area contributed by atoms with Gasteiger partial charge in [-0.1, -0.05) is 51.8 Å². The zero-order valence-corrected chi connectivity index (χ0v) is 17.6. The minimum atomic E-state index is -0.492. The minimum Gasteiger partial charge on any atom is -0.489 e.